The Labute approximate surface area is 115 Å². The molecule has 0 radical (unpaired) electrons. The minimum absolute atomic E-state index is 0.0992. The SMILES string of the molecule is Cc1cc2nc3c(c(=O)n2[nH]1)CN([C@H](C)C1CC1)C3=O. The van der Waals surface area contributed by atoms with E-state index in [4.69, 9.17) is 0 Å². The summed E-state index contributed by atoms with van der Waals surface area (Å²) in [6.07, 6.45) is 2.35. The third kappa shape index (κ3) is 1.47. The number of hydrogen-bond acceptors (Lipinski definition) is 3. The van der Waals surface area contributed by atoms with Crippen molar-refractivity contribution in [3.8, 4) is 0 Å². The Kier molecular flexibility index (Phi) is 2.17. The van der Waals surface area contributed by atoms with Crippen molar-refractivity contribution in [1.29, 1.82) is 0 Å². The van der Waals surface area contributed by atoms with Crippen LogP contribution in [0.4, 0.5) is 0 Å². The molecule has 1 saturated carbocycles. The highest BCUT2D eigenvalue weighted by Gasteiger charge is 2.40. The van der Waals surface area contributed by atoms with Crippen molar-refractivity contribution in [2.45, 2.75) is 39.3 Å². The van der Waals surface area contributed by atoms with Crippen LogP contribution in [0.3, 0.4) is 0 Å². The summed E-state index contributed by atoms with van der Waals surface area (Å²) in [6, 6.07) is 1.98. The molecule has 2 aromatic rings. The molecular weight excluding hydrogens is 256 g/mol. The smallest absolute Gasteiger partial charge is 0.278 e. The van der Waals surface area contributed by atoms with E-state index in [2.05, 4.69) is 17.0 Å². The predicted molar refractivity (Wildman–Crippen MR) is 72.6 cm³/mol. The number of fused-ring (bicyclic) bond motifs is 2. The number of carbonyl (C=O) groups is 1. The summed E-state index contributed by atoms with van der Waals surface area (Å²) in [7, 11) is 0. The van der Waals surface area contributed by atoms with Gasteiger partial charge >= 0.3 is 0 Å². The van der Waals surface area contributed by atoms with Crippen LogP contribution in [0, 0.1) is 12.8 Å². The van der Waals surface area contributed by atoms with Gasteiger partial charge < -0.3 is 4.90 Å². The number of aryl methyl sites for hydroxylation is 1. The first kappa shape index (κ1) is 11.7. The summed E-state index contributed by atoms with van der Waals surface area (Å²) in [4.78, 5) is 31.1. The van der Waals surface area contributed by atoms with Gasteiger partial charge in [0.15, 0.2) is 5.65 Å². The Balaban J connectivity index is 1.84. The number of aromatic nitrogens is 3. The van der Waals surface area contributed by atoms with Gasteiger partial charge in [0.2, 0.25) is 0 Å². The van der Waals surface area contributed by atoms with Crippen LogP contribution in [0.25, 0.3) is 5.65 Å². The quantitative estimate of drug-likeness (QED) is 0.889. The second-order valence-electron chi connectivity index (χ2n) is 5.89. The lowest BCUT2D eigenvalue weighted by molar-refractivity contribution is 0.0693. The van der Waals surface area contributed by atoms with Crippen LogP contribution < -0.4 is 5.56 Å². The molecule has 20 heavy (non-hydrogen) atoms. The number of nitrogens with zero attached hydrogens (tertiary/aromatic N) is 3. The third-order valence-electron chi connectivity index (χ3n) is 4.42. The molecular formula is C14H16N4O2. The zero-order valence-electron chi connectivity index (χ0n) is 11.5. The zero-order chi connectivity index (χ0) is 14.0. The lowest BCUT2D eigenvalue weighted by Gasteiger charge is -2.23. The maximum atomic E-state index is 12.5. The molecule has 0 unspecified atom stereocenters. The Bertz CT molecular complexity index is 784. The molecule has 0 saturated heterocycles. The molecule has 2 aromatic heterocycles. The van der Waals surface area contributed by atoms with Gasteiger partial charge in [0.25, 0.3) is 11.5 Å². The van der Waals surface area contributed by atoms with E-state index in [9.17, 15) is 9.59 Å². The topological polar surface area (TPSA) is 70.5 Å². The highest BCUT2D eigenvalue weighted by atomic mass is 16.2. The van der Waals surface area contributed by atoms with Crippen molar-refractivity contribution in [3.05, 3.63) is 33.4 Å². The number of H-pyrrole nitrogens is 1. The van der Waals surface area contributed by atoms with Crippen molar-refractivity contribution in [2.75, 3.05) is 0 Å². The van der Waals surface area contributed by atoms with E-state index in [-0.39, 0.29) is 17.5 Å². The molecule has 0 spiro atoms. The standard InChI is InChI=1S/C14H16N4O2/c1-7-5-11-15-12-10(13(19)18(11)16-7)6-17(14(12)20)8(2)9-3-4-9/h5,8-9,16H,3-4,6H2,1-2H3/t8-/m1/s1. The molecule has 1 atom stereocenters. The summed E-state index contributed by atoms with van der Waals surface area (Å²) in [5, 5.41) is 2.96. The van der Waals surface area contributed by atoms with Crippen LogP contribution in [0.15, 0.2) is 10.9 Å². The maximum Gasteiger partial charge on any atom is 0.278 e. The summed E-state index contributed by atoms with van der Waals surface area (Å²) in [5.41, 5.74) is 2.06. The van der Waals surface area contributed by atoms with Gasteiger partial charge in [-0.3, -0.25) is 14.7 Å². The average Bonchev–Trinajstić information content (AvgIpc) is 3.12. The lowest BCUT2D eigenvalue weighted by atomic mass is 10.2. The van der Waals surface area contributed by atoms with Crippen LogP contribution >= 0.6 is 0 Å². The molecule has 3 heterocycles. The number of carbonyl (C=O) groups excluding carboxylic acids is 1. The van der Waals surface area contributed by atoms with Gasteiger partial charge in [0.1, 0.15) is 5.69 Å². The van der Waals surface area contributed by atoms with Gasteiger partial charge in [-0.05, 0) is 32.6 Å². The Morgan fingerprint density at radius 3 is 2.85 bits per heavy atom. The molecule has 0 aromatic carbocycles. The van der Waals surface area contributed by atoms with Gasteiger partial charge in [-0.1, -0.05) is 0 Å². The van der Waals surface area contributed by atoms with Crippen molar-refractivity contribution < 1.29 is 4.79 Å². The Hall–Kier alpha value is -2.11. The Morgan fingerprint density at radius 2 is 2.15 bits per heavy atom. The molecule has 2 aliphatic rings. The van der Waals surface area contributed by atoms with Gasteiger partial charge in [0, 0.05) is 17.8 Å². The summed E-state index contributed by atoms with van der Waals surface area (Å²) >= 11 is 0. The number of aromatic amines is 1. The maximum absolute atomic E-state index is 12.5. The highest BCUT2D eigenvalue weighted by Crippen LogP contribution is 2.37. The first-order chi connectivity index (χ1) is 9.56. The van der Waals surface area contributed by atoms with Crippen LogP contribution in [-0.4, -0.2) is 31.4 Å². The summed E-state index contributed by atoms with van der Waals surface area (Å²) < 4.78 is 1.42. The van der Waals surface area contributed by atoms with Crippen LogP contribution in [0.1, 0.15) is 41.5 Å². The summed E-state index contributed by atoms with van der Waals surface area (Å²) in [5.74, 6) is 0.487. The third-order valence-corrected chi connectivity index (χ3v) is 4.42. The van der Waals surface area contributed by atoms with E-state index in [1.54, 1.807) is 11.0 Å². The molecule has 1 aliphatic carbocycles. The van der Waals surface area contributed by atoms with Crippen molar-refractivity contribution in [3.63, 3.8) is 0 Å². The second-order valence-corrected chi connectivity index (χ2v) is 5.89. The molecule has 6 heteroatoms. The van der Waals surface area contributed by atoms with Gasteiger partial charge in [0.05, 0.1) is 12.1 Å². The van der Waals surface area contributed by atoms with Crippen molar-refractivity contribution >= 4 is 11.6 Å². The van der Waals surface area contributed by atoms with E-state index in [0.717, 1.165) is 5.69 Å². The number of nitrogens with one attached hydrogen (secondary N) is 1. The van der Waals surface area contributed by atoms with E-state index < -0.39 is 0 Å². The molecule has 4 rings (SSSR count). The lowest BCUT2D eigenvalue weighted by Crippen LogP contribution is -2.35. The van der Waals surface area contributed by atoms with Crippen molar-refractivity contribution in [1.82, 2.24) is 19.5 Å². The average molecular weight is 272 g/mol. The van der Waals surface area contributed by atoms with Crippen LogP contribution in [0.2, 0.25) is 0 Å². The molecule has 6 nitrogen and oxygen atoms in total. The minimum Gasteiger partial charge on any atom is -0.330 e. The monoisotopic (exact) mass is 272 g/mol. The first-order valence-corrected chi connectivity index (χ1v) is 6.98. The first-order valence-electron chi connectivity index (χ1n) is 6.98. The molecule has 1 amide bonds. The normalized spacial score (nSPS) is 19.7. The zero-order valence-corrected chi connectivity index (χ0v) is 11.5. The van der Waals surface area contributed by atoms with E-state index in [1.807, 2.05) is 6.92 Å². The molecule has 1 fully saturated rings. The summed E-state index contributed by atoms with van der Waals surface area (Å²) in [6.45, 7) is 4.32. The molecule has 1 N–H and O–H groups in total. The molecule has 104 valence electrons. The fraction of sp³-hybridized carbons (Fsp3) is 0.500. The van der Waals surface area contributed by atoms with E-state index in [1.165, 1.54) is 17.4 Å². The highest BCUT2D eigenvalue weighted by molar-refractivity contribution is 5.97. The fourth-order valence-corrected chi connectivity index (χ4v) is 3.04. The van der Waals surface area contributed by atoms with E-state index in [0.29, 0.717) is 29.4 Å². The number of rotatable bonds is 2. The molecule has 0 bridgehead atoms. The van der Waals surface area contributed by atoms with Crippen LogP contribution in [0.5, 0.6) is 0 Å². The number of amides is 1. The fourth-order valence-electron chi connectivity index (χ4n) is 3.04. The van der Waals surface area contributed by atoms with Gasteiger partial charge in [-0.15, -0.1) is 0 Å². The number of hydrogen-bond donors (Lipinski definition) is 1. The second kappa shape index (κ2) is 3.71. The minimum atomic E-state index is -0.156. The largest absolute Gasteiger partial charge is 0.330 e. The predicted octanol–water partition coefficient (Wildman–Crippen LogP) is 1.09. The van der Waals surface area contributed by atoms with Gasteiger partial charge in [-0.25, -0.2) is 9.50 Å². The van der Waals surface area contributed by atoms with Crippen LogP contribution in [-0.2, 0) is 6.54 Å². The molecule has 1 aliphatic heterocycles. The van der Waals surface area contributed by atoms with Gasteiger partial charge in [-0.2, -0.15) is 0 Å². The van der Waals surface area contributed by atoms with E-state index >= 15 is 0 Å². The van der Waals surface area contributed by atoms with Crippen molar-refractivity contribution in [2.24, 2.45) is 5.92 Å². The Morgan fingerprint density at radius 1 is 1.40 bits per heavy atom.